The van der Waals surface area contributed by atoms with Gasteiger partial charge in [0.15, 0.2) is 6.10 Å². The Morgan fingerprint density at radius 1 is 0.763 bits per heavy atom. The van der Waals surface area contributed by atoms with Crippen LogP contribution in [0.3, 0.4) is 0 Å². The minimum absolute atomic E-state index is 0.298. The number of fused-ring (bicyclic) bond motifs is 2. The molecule has 38 heavy (non-hydrogen) atoms. The van der Waals surface area contributed by atoms with E-state index in [9.17, 15) is 9.59 Å². The number of Topliss-reactive ketones (excluding diaryl/α,β-unsaturated/α-hetero) is 1. The van der Waals surface area contributed by atoms with Crippen LogP contribution in [0.2, 0.25) is 0 Å². The maximum absolute atomic E-state index is 13.9. The van der Waals surface area contributed by atoms with Gasteiger partial charge in [-0.3, -0.25) is 4.79 Å². The third kappa shape index (κ3) is 4.51. The van der Waals surface area contributed by atoms with Crippen molar-refractivity contribution in [2.45, 2.75) is 6.10 Å². The van der Waals surface area contributed by atoms with E-state index in [0.717, 1.165) is 20.9 Å². The fourth-order valence-corrected chi connectivity index (χ4v) is 4.87. The van der Waals surface area contributed by atoms with Gasteiger partial charge in [-0.05, 0) is 30.3 Å². The number of aromatic nitrogens is 2. The number of hydrogen-bond acceptors (Lipinski definition) is 4. The number of esters is 1. The van der Waals surface area contributed by atoms with Gasteiger partial charge in [-0.2, -0.15) is 0 Å². The fourth-order valence-electron chi connectivity index (χ4n) is 4.60. The van der Waals surface area contributed by atoms with E-state index in [1.54, 1.807) is 24.4 Å². The van der Waals surface area contributed by atoms with Crippen LogP contribution < -0.4 is 0 Å². The molecule has 2 aromatic heterocycles. The van der Waals surface area contributed by atoms with E-state index >= 15 is 0 Å². The summed E-state index contributed by atoms with van der Waals surface area (Å²) in [6, 6.07) is 33.5. The van der Waals surface area contributed by atoms with Gasteiger partial charge in [-0.1, -0.05) is 94.8 Å². The number of carbonyl (C=O) groups excluding carboxylic acids is 2. The Hall–Kier alpha value is -4.55. The summed E-state index contributed by atoms with van der Waals surface area (Å²) in [4.78, 5) is 35.6. The number of nitrogens with zero attached hydrogens (tertiary/aromatic N) is 1. The van der Waals surface area contributed by atoms with Crippen molar-refractivity contribution in [1.29, 1.82) is 0 Å². The Balaban J connectivity index is 1.43. The molecule has 0 aliphatic rings. The Labute approximate surface area is 227 Å². The molecule has 4 aromatic carbocycles. The van der Waals surface area contributed by atoms with Crippen molar-refractivity contribution in [2.24, 2.45) is 0 Å². The lowest BCUT2D eigenvalue weighted by atomic mass is 9.99. The number of H-pyrrole nitrogens is 1. The van der Waals surface area contributed by atoms with E-state index in [1.165, 1.54) is 0 Å². The molecule has 0 aliphatic heterocycles. The van der Waals surface area contributed by atoms with Crippen molar-refractivity contribution in [1.82, 2.24) is 9.97 Å². The Morgan fingerprint density at radius 2 is 1.45 bits per heavy atom. The highest BCUT2D eigenvalue weighted by Crippen LogP contribution is 2.31. The van der Waals surface area contributed by atoms with E-state index in [1.807, 2.05) is 91.0 Å². The zero-order valence-electron chi connectivity index (χ0n) is 20.1. The molecule has 0 fully saturated rings. The van der Waals surface area contributed by atoms with Crippen LogP contribution in [-0.4, -0.2) is 21.7 Å². The molecule has 0 saturated heterocycles. The summed E-state index contributed by atoms with van der Waals surface area (Å²) >= 11 is 3.46. The zero-order chi connectivity index (χ0) is 26.1. The summed E-state index contributed by atoms with van der Waals surface area (Å²) in [5.41, 5.74) is 4.43. The SMILES string of the molecule is O=C(O[C@@H](C(=O)c1c[nH]c2ccccc12)c1ccccc1)c1cc(-c2ccc(Br)cc2)nc2ccccc12. The molecule has 6 heteroatoms. The second-order valence-corrected chi connectivity index (χ2v) is 9.80. The van der Waals surface area contributed by atoms with Crippen molar-refractivity contribution in [3.8, 4) is 11.3 Å². The summed E-state index contributed by atoms with van der Waals surface area (Å²) in [6.07, 6.45) is 0.551. The molecule has 184 valence electrons. The molecule has 0 saturated carbocycles. The van der Waals surface area contributed by atoms with Crippen LogP contribution in [0.15, 0.2) is 120 Å². The van der Waals surface area contributed by atoms with Crippen LogP contribution in [0.4, 0.5) is 0 Å². The minimum atomic E-state index is -1.12. The number of halogens is 1. The second-order valence-electron chi connectivity index (χ2n) is 8.89. The molecule has 5 nitrogen and oxygen atoms in total. The number of benzene rings is 4. The minimum Gasteiger partial charge on any atom is -0.445 e. The van der Waals surface area contributed by atoms with E-state index in [-0.39, 0.29) is 5.78 Å². The highest BCUT2D eigenvalue weighted by Gasteiger charge is 2.29. The lowest BCUT2D eigenvalue weighted by molar-refractivity contribution is 0.0282. The smallest absolute Gasteiger partial charge is 0.339 e. The van der Waals surface area contributed by atoms with Gasteiger partial charge in [-0.25, -0.2) is 9.78 Å². The lowest BCUT2D eigenvalue weighted by Crippen LogP contribution is -2.20. The van der Waals surface area contributed by atoms with Gasteiger partial charge in [0.2, 0.25) is 5.78 Å². The molecule has 0 aliphatic carbocycles. The van der Waals surface area contributed by atoms with Gasteiger partial charge < -0.3 is 9.72 Å². The molecule has 2 heterocycles. The number of aromatic amines is 1. The highest BCUT2D eigenvalue weighted by molar-refractivity contribution is 9.10. The number of carbonyl (C=O) groups is 2. The summed E-state index contributed by atoms with van der Waals surface area (Å²) in [6.45, 7) is 0. The molecule has 6 aromatic rings. The molecular weight excluding hydrogens is 540 g/mol. The number of rotatable bonds is 6. The second kappa shape index (κ2) is 10.1. The van der Waals surface area contributed by atoms with Crippen molar-refractivity contribution in [3.05, 3.63) is 137 Å². The third-order valence-corrected chi connectivity index (χ3v) is 7.02. The summed E-state index contributed by atoms with van der Waals surface area (Å²) in [5.74, 6) is -0.891. The van der Waals surface area contributed by atoms with Crippen molar-refractivity contribution >= 4 is 49.5 Å². The Bertz CT molecular complexity index is 1790. The summed E-state index contributed by atoms with van der Waals surface area (Å²) in [5, 5.41) is 1.44. The largest absolute Gasteiger partial charge is 0.445 e. The van der Waals surface area contributed by atoms with E-state index in [0.29, 0.717) is 33.3 Å². The first-order valence-corrected chi connectivity index (χ1v) is 12.9. The number of nitrogens with one attached hydrogen (secondary N) is 1. The Morgan fingerprint density at radius 3 is 2.24 bits per heavy atom. The van der Waals surface area contributed by atoms with Gasteiger partial charge in [0.05, 0.1) is 16.8 Å². The van der Waals surface area contributed by atoms with Gasteiger partial charge in [-0.15, -0.1) is 0 Å². The first-order chi connectivity index (χ1) is 18.6. The normalized spacial score (nSPS) is 11.9. The predicted molar refractivity (Wildman–Crippen MR) is 152 cm³/mol. The number of para-hydroxylation sites is 2. The molecule has 1 N–H and O–H groups in total. The van der Waals surface area contributed by atoms with Crippen molar-refractivity contribution in [2.75, 3.05) is 0 Å². The molecule has 0 amide bonds. The van der Waals surface area contributed by atoms with Crippen LogP contribution >= 0.6 is 15.9 Å². The predicted octanol–water partition coefficient (Wildman–Crippen LogP) is 7.93. The average Bonchev–Trinajstić information content (AvgIpc) is 3.40. The zero-order valence-corrected chi connectivity index (χ0v) is 21.7. The van der Waals surface area contributed by atoms with Crippen LogP contribution in [0.25, 0.3) is 33.1 Å². The van der Waals surface area contributed by atoms with Crippen LogP contribution in [0.5, 0.6) is 0 Å². The Kier molecular flexibility index (Phi) is 6.32. The quantitative estimate of drug-likeness (QED) is 0.166. The number of ether oxygens (including phenoxy) is 1. The molecule has 0 bridgehead atoms. The standard InChI is InChI=1S/C32H21BrN2O3/c33-22-16-14-20(15-17-22)29-18-25(23-10-5-7-13-28(23)35-29)32(37)38-31(21-8-2-1-3-9-21)30(36)26-19-34-27-12-6-4-11-24(26)27/h1-19,31,34H/t31-/m1/s1. The summed E-state index contributed by atoms with van der Waals surface area (Å²) in [7, 11) is 0. The van der Waals surface area contributed by atoms with Crippen molar-refractivity contribution in [3.63, 3.8) is 0 Å². The third-order valence-electron chi connectivity index (χ3n) is 6.50. The first kappa shape index (κ1) is 23.8. The van der Waals surface area contributed by atoms with Crippen LogP contribution in [-0.2, 0) is 4.74 Å². The lowest BCUT2D eigenvalue weighted by Gasteiger charge is -2.18. The van der Waals surface area contributed by atoms with Crippen LogP contribution in [0.1, 0.15) is 32.4 Å². The maximum atomic E-state index is 13.9. The van der Waals surface area contributed by atoms with E-state index in [2.05, 4.69) is 20.9 Å². The molecular formula is C32H21BrN2O3. The maximum Gasteiger partial charge on any atom is 0.339 e. The van der Waals surface area contributed by atoms with Gasteiger partial charge in [0, 0.05) is 43.6 Å². The van der Waals surface area contributed by atoms with Gasteiger partial charge >= 0.3 is 5.97 Å². The molecule has 0 unspecified atom stereocenters. The average molecular weight is 561 g/mol. The van der Waals surface area contributed by atoms with Crippen LogP contribution in [0, 0.1) is 0 Å². The van der Waals surface area contributed by atoms with Gasteiger partial charge in [0.1, 0.15) is 0 Å². The van der Waals surface area contributed by atoms with E-state index < -0.39 is 12.1 Å². The first-order valence-electron chi connectivity index (χ1n) is 12.1. The van der Waals surface area contributed by atoms with Crippen molar-refractivity contribution < 1.29 is 14.3 Å². The molecule has 0 radical (unpaired) electrons. The van der Waals surface area contributed by atoms with Gasteiger partial charge in [0.25, 0.3) is 0 Å². The monoisotopic (exact) mass is 560 g/mol. The molecule has 1 atom stereocenters. The van der Waals surface area contributed by atoms with E-state index in [4.69, 9.17) is 9.72 Å². The summed E-state index contributed by atoms with van der Waals surface area (Å²) < 4.78 is 6.98. The molecule has 6 rings (SSSR count). The number of pyridine rings is 1. The highest BCUT2D eigenvalue weighted by atomic mass is 79.9. The topological polar surface area (TPSA) is 72.1 Å². The number of ketones is 1. The molecule has 0 spiro atoms. The number of hydrogen-bond donors (Lipinski definition) is 1. The fraction of sp³-hybridized carbons (Fsp3) is 0.0312.